The molecule has 9 heteroatoms. The van der Waals surface area contributed by atoms with Crippen molar-refractivity contribution in [2.45, 2.75) is 6.18 Å². The van der Waals surface area contributed by atoms with Gasteiger partial charge in [0.1, 0.15) is 0 Å². The van der Waals surface area contributed by atoms with Gasteiger partial charge in [-0.05, 0) is 24.3 Å². The van der Waals surface area contributed by atoms with Crippen molar-refractivity contribution in [2.75, 3.05) is 5.32 Å². The summed E-state index contributed by atoms with van der Waals surface area (Å²) in [6.07, 6.45) is -1.89. The summed E-state index contributed by atoms with van der Waals surface area (Å²) in [5, 5.41) is 1.95. The Kier molecular flexibility index (Phi) is 3.69. The van der Waals surface area contributed by atoms with Gasteiger partial charge in [-0.2, -0.15) is 13.2 Å². The predicted molar refractivity (Wildman–Crippen MR) is 78.3 cm³/mol. The number of fused-ring (bicyclic) bond motifs is 1. The van der Waals surface area contributed by atoms with Gasteiger partial charge in [0.05, 0.1) is 28.0 Å². The highest BCUT2D eigenvalue weighted by Gasteiger charge is 2.33. The van der Waals surface area contributed by atoms with Gasteiger partial charge in [-0.3, -0.25) is 4.79 Å². The Balaban J connectivity index is 1.87. The number of alkyl halides is 3. The first-order valence-electron chi connectivity index (χ1n) is 6.32. The fourth-order valence-corrected chi connectivity index (χ4v) is 2.20. The van der Waals surface area contributed by atoms with Gasteiger partial charge in [0.25, 0.3) is 5.91 Å². The summed E-state index contributed by atoms with van der Waals surface area (Å²) in [7, 11) is 0. The van der Waals surface area contributed by atoms with Crippen LogP contribution in [-0.4, -0.2) is 20.9 Å². The monoisotopic (exact) mass is 340 g/mol. The molecule has 0 unspecified atom stereocenters. The third kappa shape index (κ3) is 3.11. The Hall–Kier alpha value is -2.61. The lowest BCUT2D eigenvalue weighted by atomic mass is 10.2. The molecule has 1 amide bonds. The Bertz CT molecular complexity index is 891. The number of nitrogens with one attached hydrogen (secondary N) is 2. The van der Waals surface area contributed by atoms with E-state index in [1.807, 2.05) is 0 Å². The average molecular weight is 341 g/mol. The molecule has 0 atom stereocenters. The number of anilines is 1. The Morgan fingerprint density at radius 3 is 2.74 bits per heavy atom. The summed E-state index contributed by atoms with van der Waals surface area (Å²) < 4.78 is 38.4. The van der Waals surface area contributed by atoms with Crippen LogP contribution in [0.5, 0.6) is 0 Å². The van der Waals surface area contributed by atoms with E-state index in [-0.39, 0.29) is 11.3 Å². The summed E-state index contributed by atoms with van der Waals surface area (Å²) in [5.41, 5.74) is 0.137. The zero-order valence-corrected chi connectivity index (χ0v) is 12.0. The molecule has 1 aromatic carbocycles. The lowest BCUT2D eigenvalue weighted by Crippen LogP contribution is -2.13. The second-order valence-corrected chi connectivity index (χ2v) is 5.05. The lowest BCUT2D eigenvalue weighted by molar-refractivity contribution is -0.137. The molecule has 2 heterocycles. The summed E-state index contributed by atoms with van der Waals surface area (Å²) in [4.78, 5) is 22.8. The number of pyridine rings is 1. The van der Waals surface area contributed by atoms with Crippen LogP contribution in [0, 0.1) is 0 Å². The van der Waals surface area contributed by atoms with Gasteiger partial charge in [0.2, 0.25) is 0 Å². The van der Waals surface area contributed by atoms with Gasteiger partial charge >= 0.3 is 6.18 Å². The molecule has 3 aromatic rings. The molecule has 0 saturated carbocycles. The first-order chi connectivity index (χ1) is 10.8. The average Bonchev–Trinajstić information content (AvgIpc) is 2.95. The standard InChI is InChI=1S/C14H8ClF3N4O/c15-10-2-1-8(4-9(10)14(16,17)18)22-13(23)7-3-11-12(19-5-7)21-6-20-11/h1-6H,(H,22,23)(H,19,20,21). The maximum absolute atomic E-state index is 12.8. The Labute approximate surface area is 132 Å². The molecule has 0 spiro atoms. The molecular formula is C14H8ClF3N4O. The zero-order chi connectivity index (χ0) is 16.6. The molecule has 0 aliphatic carbocycles. The molecule has 0 aliphatic heterocycles. The zero-order valence-electron chi connectivity index (χ0n) is 11.3. The summed E-state index contributed by atoms with van der Waals surface area (Å²) >= 11 is 5.53. The lowest BCUT2D eigenvalue weighted by Gasteiger charge is -2.11. The number of rotatable bonds is 2. The number of hydrogen-bond acceptors (Lipinski definition) is 3. The quantitative estimate of drug-likeness (QED) is 0.743. The normalized spacial score (nSPS) is 11.7. The fourth-order valence-electron chi connectivity index (χ4n) is 1.98. The van der Waals surface area contributed by atoms with Crippen molar-refractivity contribution in [3.05, 3.63) is 52.9 Å². The van der Waals surface area contributed by atoms with Crippen molar-refractivity contribution >= 4 is 34.4 Å². The summed E-state index contributed by atoms with van der Waals surface area (Å²) in [5.74, 6) is -0.593. The Morgan fingerprint density at radius 2 is 2.00 bits per heavy atom. The van der Waals surface area contributed by atoms with Gasteiger partial charge in [0, 0.05) is 11.9 Å². The van der Waals surface area contributed by atoms with Gasteiger partial charge in [-0.15, -0.1) is 0 Å². The first kappa shape index (κ1) is 15.3. The topological polar surface area (TPSA) is 70.7 Å². The third-order valence-corrected chi connectivity index (χ3v) is 3.39. The van der Waals surface area contributed by atoms with Crippen molar-refractivity contribution in [3.63, 3.8) is 0 Å². The minimum Gasteiger partial charge on any atom is -0.343 e. The fraction of sp³-hybridized carbons (Fsp3) is 0.0714. The maximum Gasteiger partial charge on any atom is 0.417 e. The van der Waals surface area contributed by atoms with Crippen LogP contribution in [0.3, 0.4) is 0 Å². The van der Waals surface area contributed by atoms with Gasteiger partial charge < -0.3 is 10.3 Å². The highest BCUT2D eigenvalue weighted by atomic mass is 35.5. The molecular weight excluding hydrogens is 333 g/mol. The van der Waals surface area contributed by atoms with Crippen LogP contribution in [0.2, 0.25) is 5.02 Å². The van der Waals surface area contributed by atoms with E-state index in [1.54, 1.807) is 0 Å². The van der Waals surface area contributed by atoms with Crippen LogP contribution in [-0.2, 0) is 6.18 Å². The summed E-state index contributed by atoms with van der Waals surface area (Å²) in [6.45, 7) is 0. The second-order valence-electron chi connectivity index (χ2n) is 4.64. The molecule has 0 aliphatic rings. The first-order valence-corrected chi connectivity index (χ1v) is 6.69. The number of amides is 1. The van der Waals surface area contributed by atoms with Crippen LogP contribution >= 0.6 is 11.6 Å². The molecule has 0 fully saturated rings. The largest absolute Gasteiger partial charge is 0.417 e. The van der Waals surface area contributed by atoms with Crippen molar-refractivity contribution in [2.24, 2.45) is 0 Å². The van der Waals surface area contributed by atoms with Crippen molar-refractivity contribution in [3.8, 4) is 0 Å². The van der Waals surface area contributed by atoms with E-state index >= 15 is 0 Å². The van der Waals surface area contributed by atoms with E-state index in [4.69, 9.17) is 11.6 Å². The van der Waals surface area contributed by atoms with E-state index in [0.29, 0.717) is 11.2 Å². The number of aromatic amines is 1. The minimum absolute atomic E-state index is 0.0172. The number of benzene rings is 1. The van der Waals surface area contributed by atoms with Gasteiger partial charge in [-0.25, -0.2) is 9.97 Å². The van der Waals surface area contributed by atoms with Crippen molar-refractivity contribution in [1.29, 1.82) is 0 Å². The van der Waals surface area contributed by atoms with Crippen LogP contribution in [0.1, 0.15) is 15.9 Å². The molecule has 23 heavy (non-hydrogen) atoms. The predicted octanol–water partition coefficient (Wildman–Crippen LogP) is 3.88. The van der Waals surface area contributed by atoms with Crippen LogP contribution in [0.4, 0.5) is 18.9 Å². The third-order valence-electron chi connectivity index (χ3n) is 3.07. The van der Waals surface area contributed by atoms with Crippen LogP contribution in [0.25, 0.3) is 11.2 Å². The Morgan fingerprint density at radius 1 is 1.22 bits per heavy atom. The maximum atomic E-state index is 12.8. The molecule has 0 saturated heterocycles. The summed E-state index contributed by atoms with van der Waals surface area (Å²) in [6, 6.07) is 4.65. The molecule has 2 N–H and O–H groups in total. The van der Waals surface area contributed by atoms with Crippen molar-refractivity contribution < 1.29 is 18.0 Å². The minimum atomic E-state index is -4.60. The number of nitrogens with zero attached hydrogens (tertiary/aromatic N) is 2. The van der Waals surface area contributed by atoms with E-state index in [2.05, 4.69) is 20.3 Å². The highest BCUT2D eigenvalue weighted by Crippen LogP contribution is 2.36. The number of H-pyrrole nitrogens is 1. The van der Waals surface area contributed by atoms with E-state index < -0.39 is 22.7 Å². The van der Waals surface area contributed by atoms with Crippen molar-refractivity contribution in [1.82, 2.24) is 15.0 Å². The van der Waals surface area contributed by atoms with Gasteiger partial charge in [0.15, 0.2) is 5.65 Å². The number of hydrogen-bond donors (Lipinski definition) is 2. The number of halogens is 4. The molecule has 118 valence electrons. The van der Waals surface area contributed by atoms with Gasteiger partial charge in [-0.1, -0.05) is 11.6 Å². The van der Waals surface area contributed by atoms with E-state index in [9.17, 15) is 18.0 Å². The highest BCUT2D eigenvalue weighted by molar-refractivity contribution is 6.31. The number of carbonyl (C=O) groups excluding carboxylic acids is 1. The van der Waals surface area contributed by atoms with Crippen LogP contribution in [0.15, 0.2) is 36.8 Å². The molecule has 5 nitrogen and oxygen atoms in total. The molecule has 0 radical (unpaired) electrons. The van der Waals surface area contributed by atoms with Crippen LogP contribution < -0.4 is 5.32 Å². The number of aromatic nitrogens is 3. The SMILES string of the molecule is O=C(Nc1ccc(Cl)c(C(F)(F)F)c1)c1cnc2nc[nH]c2c1. The number of carbonyl (C=O) groups is 1. The number of imidazole rings is 1. The molecule has 3 rings (SSSR count). The smallest absolute Gasteiger partial charge is 0.343 e. The van der Waals surface area contributed by atoms with E-state index in [0.717, 1.165) is 12.1 Å². The van der Waals surface area contributed by atoms with E-state index in [1.165, 1.54) is 24.7 Å². The second kappa shape index (κ2) is 5.54. The molecule has 2 aromatic heterocycles. The molecule has 0 bridgehead atoms.